The van der Waals surface area contributed by atoms with Crippen LogP contribution in [0.5, 0.6) is 0 Å². The molecule has 5 heteroatoms. The monoisotopic (exact) mass is 390 g/mol. The molecule has 0 amide bonds. The Morgan fingerprint density at radius 2 is 1.85 bits per heavy atom. The zero-order valence-electron chi connectivity index (χ0n) is 17.7. The zero-order chi connectivity index (χ0) is 20.5. The minimum absolute atomic E-state index is 0.0480. The lowest BCUT2D eigenvalue weighted by Crippen LogP contribution is -2.49. The Labute approximate surface area is 164 Å². The number of rotatable bonds is 5. The fourth-order valence-electron chi connectivity index (χ4n) is 3.52. The molecule has 2 rings (SSSR count). The van der Waals surface area contributed by atoms with E-state index in [-0.39, 0.29) is 17.1 Å². The molecule has 1 N–H and O–H groups in total. The van der Waals surface area contributed by atoms with Crippen molar-refractivity contribution in [2.75, 3.05) is 7.11 Å². The van der Waals surface area contributed by atoms with Crippen LogP contribution < -0.4 is 0 Å². The summed E-state index contributed by atoms with van der Waals surface area (Å²) < 4.78 is 11.6. The molecule has 0 heterocycles. The average Bonchev–Trinajstić information content (AvgIpc) is 2.83. The predicted octanol–water partition coefficient (Wildman–Crippen LogP) is 4.65. The van der Waals surface area contributed by atoms with Crippen molar-refractivity contribution in [3.05, 3.63) is 42.0 Å². The SMILES string of the molecule is COC(=O)[C@]1(O)C[C@H](C)[C@@H](O[Si](C)(C)C(C)(C)C)[C@H]1/C=C/c1ccccc1. The summed E-state index contributed by atoms with van der Waals surface area (Å²) in [4.78, 5) is 12.5. The highest BCUT2D eigenvalue weighted by atomic mass is 28.4. The molecule has 1 aromatic carbocycles. The Balaban J connectivity index is 2.40. The van der Waals surface area contributed by atoms with Crippen LogP contribution >= 0.6 is 0 Å². The fraction of sp³-hybridized carbons (Fsp3) is 0.591. The minimum atomic E-state index is -2.07. The third-order valence-electron chi connectivity index (χ3n) is 6.17. The van der Waals surface area contributed by atoms with Gasteiger partial charge in [-0.3, -0.25) is 0 Å². The largest absolute Gasteiger partial charge is 0.467 e. The van der Waals surface area contributed by atoms with Crippen molar-refractivity contribution in [3.63, 3.8) is 0 Å². The van der Waals surface area contributed by atoms with Gasteiger partial charge in [0.25, 0.3) is 0 Å². The first kappa shape index (κ1) is 21.9. The summed E-state index contributed by atoms with van der Waals surface area (Å²) in [5, 5.41) is 11.3. The Hall–Kier alpha value is -1.43. The van der Waals surface area contributed by atoms with Crippen LogP contribution in [0.1, 0.15) is 39.7 Å². The van der Waals surface area contributed by atoms with Gasteiger partial charge in [0.15, 0.2) is 13.9 Å². The molecule has 0 aromatic heterocycles. The first-order valence-corrected chi connectivity index (χ1v) is 12.5. The molecule has 1 aromatic rings. The zero-order valence-corrected chi connectivity index (χ0v) is 18.7. The van der Waals surface area contributed by atoms with E-state index in [0.717, 1.165) is 5.56 Å². The number of benzene rings is 1. The van der Waals surface area contributed by atoms with Gasteiger partial charge in [0, 0.05) is 5.92 Å². The first-order valence-electron chi connectivity index (χ1n) is 9.64. The van der Waals surface area contributed by atoms with Crippen LogP contribution in [-0.4, -0.2) is 38.2 Å². The van der Waals surface area contributed by atoms with E-state index in [9.17, 15) is 9.90 Å². The molecule has 1 aliphatic rings. The average molecular weight is 391 g/mol. The Morgan fingerprint density at radius 1 is 1.26 bits per heavy atom. The number of ether oxygens (including phenoxy) is 1. The maximum Gasteiger partial charge on any atom is 0.338 e. The van der Waals surface area contributed by atoms with Crippen LogP contribution in [0.3, 0.4) is 0 Å². The molecule has 4 nitrogen and oxygen atoms in total. The molecule has 0 saturated heterocycles. The standard InChI is InChI=1S/C22H34O4Si/c1-16-15-22(24,20(23)25-5)18(14-13-17-11-9-8-10-12-17)19(16)26-27(6,7)21(2,3)4/h8-14,16,18-19,24H,15H2,1-7H3/b14-13+/t16-,18+,19+,22-/m0/s1. The van der Waals surface area contributed by atoms with E-state index in [2.05, 4.69) is 33.9 Å². The third kappa shape index (κ3) is 4.53. The number of carbonyl (C=O) groups excluding carboxylic acids is 1. The molecule has 27 heavy (non-hydrogen) atoms. The maximum absolute atomic E-state index is 12.5. The van der Waals surface area contributed by atoms with Crippen molar-refractivity contribution < 1.29 is 19.1 Å². The number of esters is 1. The highest BCUT2D eigenvalue weighted by Crippen LogP contribution is 2.47. The quantitative estimate of drug-likeness (QED) is 0.587. The van der Waals surface area contributed by atoms with Crippen molar-refractivity contribution in [3.8, 4) is 0 Å². The molecule has 0 bridgehead atoms. The van der Waals surface area contributed by atoms with Gasteiger partial charge in [-0.05, 0) is 36.0 Å². The lowest BCUT2D eigenvalue weighted by molar-refractivity contribution is -0.165. The predicted molar refractivity (Wildman–Crippen MR) is 112 cm³/mol. The second-order valence-corrected chi connectivity index (χ2v) is 14.0. The van der Waals surface area contributed by atoms with Gasteiger partial charge < -0.3 is 14.3 Å². The fourth-order valence-corrected chi connectivity index (χ4v) is 4.93. The first-order chi connectivity index (χ1) is 12.4. The molecule has 1 aliphatic carbocycles. The van der Waals surface area contributed by atoms with Gasteiger partial charge in [-0.25, -0.2) is 4.79 Å². The molecule has 1 saturated carbocycles. The van der Waals surface area contributed by atoms with E-state index in [1.807, 2.05) is 49.4 Å². The van der Waals surface area contributed by atoms with Gasteiger partial charge in [0.2, 0.25) is 0 Å². The molecule has 150 valence electrons. The summed E-state index contributed by atoms with van der Waals surface area (Å²) in [5.74, 6) is -0.985. The normalized spacial score (nSPS) is 29.3. The summed E-state index contributed by atoms with van der Waals surface area (Å²) in [6, 6.07) is 9.88. The molecular weight excluding hydrogens is 356 g/mol. The van der Waals surface area contributed by atoms with Crippen LogP contribution in [0.2, 0.25) is 18.1 Å². The van der Waals surface area contributed by atoms with Gasteiger partial charge in [0.1, 0.15) is 0 Å². The molecule has 0 spiro atoms. The smallest absolute Gasteiger partial charge is 0.338 e. The second kappa shape index (κ2) is 7.90. The molecular formula is C22H34O4Si. The molecule has 0 aliphatic heterocycles. The Bertz CT molecular complexity index is 677. The summed E-state index contributed by atoms with van der Waals surface area (Å²) >= 11 is 0. The Kier molecular flexibility index (Phi) is 6.39. The van der Waals surface area contributed by atoms with E-state index in [4.69, 9.17) is 9.16 Å². The van der Waals surface area contributed by atoms with E-state index < -0.39 is 25.8 Å². The van der Waals surface area contributed by atoms with Gasteiger partial charge in [0.05, 0.1) is 13.2 Å². The molecule has 0 unspecified atom stereocenters. The maximum atomic E-state index is 12.5. The van der Waals surface area contributed by atoms with Crippen molar-refractivity contribution in [2.45, 2.75) is 64.0 Å². The van der Waals surface area contributed by atoms with Crippen LogP contribution in [0, 0.1) is 11.8 Å². The highest BCUT2D eigenvalue weighted by Gasteiger charge is 2.57. The van der Waals surface area contributed by atoms with E-state index in [0.29, 0.717) is 6.42 Å². The number of carbonyl (C=O) groups is 1. The van der Waals surface area contributed by atoms with Gasteiger partial charge in [-0.15, -0.1) is 0 Å². The third-order valence-corrected chi connectivity index (χ3v) is 10.6. The van der Waals surface area contributed by atoms with E-state index >= 15 is 0 Å². The molecule has 4 atom stereocenters. The second-order valence-electron chi connectivity index (χ2n) is 9.24. The van der Waals surface area contributed by atoms with Crippen molar-refractivity contribution in [2.24, 2.45) is 11.8 Å². The number of aliphatic hydroxyl groups is 1. The number of methoxy groups -OCH3 is 1. The molecule has 1 fully saturated rings. The number of hydrogen-bond donors (Lipinski definition) is 1. The highest BCUT2D eigenvalue weighted by molar-refractivity contribution is 6.74. The molecule has 0 radical (unpaired) electrons. The summed E-state index contributed by atoms with van der Waals surface area (Å²) in [6.07, 6.45) is 3.99. The minimum Gasteiger partial charge on any atom is -0.467 e. The van der Waals surface area contributed by atoms with Crippen LogP contribution in [-0.2, 0) is 14.0 Å². The van der Waals surface area contributed by atoms with Crippen molar-refractivity contribution in [1.82, 2.24) is 0 Å². The van der Waals surface area contributed by atoms with Gasteiger partial charge in [-0.1, -0.05) is 70.2 Å². The van der Waals surface area contributed by atoms with Crippen molar-refractivity contribution in [1.29, 1.82) is 0 Å². The summed E-state index contributed by atoms with van der Waals surface area (Å²) in [5.41, 5.74) is -0.540. The van der Waals surface area contributed by atoms with E-state index in [1.54, 1.807) is 0 Å². The number of hydrogen-bond acceptors (Lipinski definition) is 4. The lowest BCUT2D eigenvalue weighted by atomic mass is 9.89. The van der Waals surface area contributed by atoms with E-state index in [1.165, 1.54) is 7.11 Å². The summed E-state index contributed by atoms with van der Waals surface area (Å²) in [6.45, 7) is 13.0. The van der Waals surface area contributed by atoms with Crippen LogP contribution in [0.15, 0.2) is 36.4 Å². The van der Waals surface area contributed by atoms with Crippen LogP contribution in [0.4, 0.5) is 0 Å². The Morgan fingerprint density at radius 3 is 2.37 bits per heavy atom. The van der Waals surface area contributed by atoms with Gasteiger partial charge >= 0.3 is 5.97 Å². The topological polar surface area (TPSA) is 55.8 Å². The lowest BCUT2D eigenvalue weighted by Gasteiger charge is -2.41. The van der Waals surface area contributed by atoms with Gasteiger partial charge in [-0.2, -0.15) is 0 Å². The van der Waals surface area contributed by atoms with Crippen molar-refractivity contribution >= 4 is 20.4 Å². The van der Waals surface area contributed by atoms with Crippen LogP contribution in [0.25, 0.3) is 6.08 Å². The summed E-state index contributed by atoms with van der Waals surface area (Å²) in [7, 11) is -0.742.